The number of nitrogens with one attached hydrogen (secondary N) is 2. The summed E-state index contributed by atoms with van der Waals surface area (Å²) in [4.78, 5) is 71.5. The quantitative estimate of drug-likeness (QED) is 0.282. The summed E-state index contributed by atoms with van der Waals surface area (Å²) in [6.45, 7) is 13.5. The standard InChI is InChI=1S/C44H47ClFN7O6/c1-43(2)41(44(3,4)42(43)59-29-10-7-27(22-47)32(45)19-29)49-37(55)26-5-8-28(9-6-26)52-14-13-25(24-52)23-50-15-17-51(18-16-50)35-21-31-30(20-33(35)46)39(57)53(40(31)58)34-11-12-36(54)48-38(34)56/h5-10,19-21,25,34,41-42H,11-18,23-24H2,1-4H3,(H,49,55)(H,48,54,56)/t25-,34-,41?,42?/m0/s1. The summed E-state index contributed by atoms with van der Waals surface area (Å²) in [6.07, 6.45) is 0.867. The van der Waals surface area contributed by atoms with Crippen molar-refractivity contribution in [3.8, 4) is 11.8 Å². The third-order valence-electron chi connectivity index (χ3n) is 12.9. The fourth-order valence-electron chi connectivity index (χ4n) is 10.1. The van der Waals surface area contributed by atoms with Crippen LogP contribution in [-0.4, -0.2) is 103 Å². The summed E-state index contributed by atoms with van der Waals surface area (Å²) >= 11 is 6.25. The number of benzene rings is 3. The van der Waals surface area contributed by atoms with Crippen molar-refractivity contribution in [3.63, 3.8) is 0 Å². The van der Waals surface area contributed by atoms with Gasteiger partial charge in [0.2, 0.25) is 11.8 Å². The molecule has 0 spiro atoms. The zero-order valence-corrected chi connectivity index (χ0v) is 34.3. The van der Waals surface area contributed by atoms with Gasteiger partial charge in [0.25, 0.3) is 17.7 Å². The maximum absolute atomic E-state index is 15.5. The van der Waals surface area contributed by atoms with Crippen LogP contribution in [0.5, 0.6) is 5.75 Å². The molecule has 15 heteroatoms. The van der Waals surface area contributed by atoms with Crippen LogP contribution in [0.2, 0.25) is 5.02 Å². The highest BCUT2D eigenvalue weighted by molar-refractivity contribution is 6.31. The van der Waals surface area contributed by atoms with E-state index in [0.717, 1.165) is 42.7 Å². The highest BCUT2D eigenvalue weighted by Gasteiger charge is 2.64. The van der Waals surface area contributed by atoms with Crippen LogP contribution in [-0.2, 0) is 9.59 Å². The smallest absolute Gasteiger partial charge is 0.262 e. The van der Waals surface area contributed by atoms with Gasteiger partial charge in [-0.15, -0.1) is 0 Å². The average molecular weight is 824 g/mol. The van der Waals surface area contributed by atoms with Gasteiger partial charge in [0.1, 0.15) is 29.8 Å². The first-order valence-electron chi connectivity index (χ1n) is 20.1. The van der Waals surface area contributed by atoms with Crippen molar-refractivity contribution < 1.29 is 33.1 Å². The number of fused-ring (bicyclic) bond motifs is 1. The number of rotatable bonds is 9. The molecule has 4 aliphatic heterocycles. The summed E-state index contributed by atoms with van der Waals surface area (Å²) in [6, 6.07) is 16.1. The highest BCUT2D eigenvalue weighted by Crippen LogP contribution is 2.55. The number of piperidine rings is 1. The Kier molecular flexibility index (Phi) is 10.4. The minimum atomic E-state index is -1.11. The molecule has 0 bridgehead atoms. The number of imide groups is 2. The monoisotopic (exact) mass is 823 g/mol. The van der Waals surface area contributed by atoms with E-state index in [1.807, 2.05) is 29.2 Å². The second kappa shape index (κ2) is 15.3. The van der Waals surface area contributed by atoms with E-state index in [1.165, 1.54) is 6.07 Å². The number of nitrogens with zero attached hydrogens (tertiary/aromatic N) is 5. The molecule has 5 amide bonds. The number of hydrogen-bond donors (Lipinski definition) is 2. The summed E-state index contributed by atoms with van der Waals surface area (Å²) < 4.78 is 21.8. The van der Waals surface area contributed by atoms with Crippen LogP contribution in [0.25, 0.3) is 0 Å². The third-order valence-corrected chi connectivity index (χ3v) is 13.3. The Morgan fingerprint density at radius 3 is 2.24 bits per heavy atom. The lowest BCUT2D eigenvalue weighted by Crippen LogP contribution is -2.74. The molecule has 308 valence electrons. The number of carbonyl (C=O) groups excluding carboxylic acids is 5. The van der Waals surface area contributed by atoms with Gasteiger partial charge >= 0.3 is 0 Å². The summed E-state index contributed by atoms with van der Waals surface area (Å²) in [5.41, 5.74) is 1.53. The van der Waals surface area contributed by atoms with E-state index in [9.17, 15) is 29.2 Å². The van der Waals surface area contributed by atoms with Gasteiger partial charge in [-0.3, -0.25) is 39.1 Å². The van der Waals surface area contributed by atoms with Crippen molar-refractivity contribution in [3.05, 3.63) is 87.7 Å². The molecule has 3 aromatic rings. The van der Waals surface area contributed by atoms with Gasteiger partial charge in [-0.1, -0.05) is 39.3 Å². The number of halogens is 2. The molecule has 0 unspecified atom stereocenters. The number of carbonyl (C=O) groups is 5. The lowest BCUT2D eigenvalue weighted by molar-refractivity contribution is -0.164. The zero-order valence-electron chi connectivity index (χ0n) is 33.5. The molecule has 59 heavy (non-hydrogen) atoms. The van der Waals surface area contributed by atoms with E-state index < -0.39 is 35.5 Å². The van der Waals surface area contributed by atoms with E-state index in [0.29, 0.717) is 54.0 Å². The highest BCUT2D eigenvalue weighted by atomic mass is 35.5. The van der Waals surface area contributed by atoms with Crippen molar-refractivity contribution in [2.24, 2.45) is 16.7 Å². The van der Waals surface area contributed by atoms with Crippen LogP contribution in [0.3, 0.4) is 0 Å². The largest absolute Gasteiger partial charge is 0.489 e. The molecule has 3 aromatic carbocycles. The Morgan fingerprint density at radius 1 is 0.915 bits per heavy atom. The lowest BCUT2D eigenvalue weighted by atomic mass is 9.49. The normalized spacial score (nSPS) is 25.0. The summed E-state index contributed by atoms with van der Waals surface area (Å²) in [5, 5.41) is 15.0. The Hall–Kier alpha value is -5.52. The molecular formula is C44H47ClFN7O6. The maximum Gasteiger partial charge on any atom is 0.262 e. The minimum absolute atomic E-state index is 0.0120. The second-order valence-corrected chi connectivity index (χ2v) is 17.9. The Labute approximate surface area is 347 Å². The zero-order chi connectivity index (χ0) is 42.0. The molecule has 4 heterocycles. The van der Waals surface area contributed by atoms with Crippen molar-refractivity contribution in [2.75, 3.05) is 55.6 Å². The molecule has 4 fully saturated rings. The fraction of sp³-hybridized carbons (Fsp3) is 0.455. The first kappa shape index (κ1) is 40.3. The molecule has 2 N–H and O–H groups in total. The molecule has 1 saturated carbocycles. The minimum Gasteiger partial charge on any atom is -0.489 e. The Balaban J connectivity index is 0.819. The van der Waals surface area contributed by atoms with Crippen LogP contribution in [0.4, 0.5) is 15.8 Å². The van der Waals surface area contributed by atoms with Gasteiger partial charge in [0.15, 0.2) is 0 Å². The first-order chi connectivity index (χ1) is 28.1. The van der Waals surface area contributed by atoms with E-state index >= 15 is 4.39 Å². The number of ether oxygens (including phenoxy) is 1. The van der Waals surface area contributed by atoms with Crippen LogP contribution >= 0.6 is 11.6 Å². The summed E-state index contributed by atoms with van der Waals surface area (Å²) in [5.74, 6) is -2.27. The number of nitriles is 1. The van der Waals surface area contributed by atoms with Crippen LogP contribution in [0.1, 0.15) is 83.6 Å². The third kappa shape index (κ3) is 7.29. The van der Waals surface area contributed by atoms with E-state index in [-0.39, 0.29) is 58.5 Å². The van der Waals surface area contributed by atoms with Gasteiger partial charge in [0.05, 0.1) is 27.4 Å². The van der Waals surface area contributed by atoms with Gasteiger partial charge in [0, 0.05) is 86.4 Å². The molecule has 2 atom stereocenters. The number of anilines is 2. The van der Waals surface area contributed by atoms with Crippen LogP contribution < -0.4 is 25.2 Å². The SMILES string of the molecule is CC1(C)C(NC(=O)c2ccc(N3CC[C@@H](CN4CCN(c5cc6c(cc5F)C(=O)N([C@H]5CCC(=O)NC5=O)C6=O)CC4)C3)cc2)C(C)(C)C1Oc1ccc(C#N)c(Cl)c1. The predicted molar refractivity (Wildman–Crippen MR) is 218 cm³/mol. The maximum atomic E-state index is 15.5. The van der Waals surface area contributed by atoms with Gasteiger partial charge in [-0.05, 0) is 67.3 Å². The number of hydrogen-bond acceptors (Lipinski definition) is 10. The van der Waals surface area contributed by atoms with Crippen molar-refractivity contribution in [2.45, 2.75) is 65.1 Å². The fourth-order valence-corrected chi connectivity index (χ4v) is 10.3. The topological polar surface area (TPSA) is 155 Å². The Morgan fingerprint density at radius 2 is 1.59 bits per heavy atom. The molecule has 8 rings (SSSR count). The first-order valence-corrected chi connectivity index (χ1v) is 20.5. The predicted octanol–water partition coefficient (Wildman–Crippen LogP) is 5.01. The van der Waals surface area contributed by atoms with Gasteiger partial charge < -0.3 is 19.9 Å². The number of piperazine rings is 1. The molecule has 13 nitrogen and oxygen atoms in total. The lowest BCUT2D eigenvalue weighted by Gasteiger charge is -2.63. The van der Waals surface area contributed by atoms with Gasteiger partial charge in [-0.25, -0.2) is 4.39 Å². The second-order valence-electron chi connectivity index (χ2n) is 17.5. The van der Waals surface area contributed by atoms with E-state index in [2.05, 4.69) is 54.2 Å². The molecule has 0 aromatic heterocycles. The van der Waals surface area contributed by atoms with E-state index in [4.69, 9.17) is 16.3 Å². The van der Waals surface area contributed by atoms with Crippen LogP contribution in [0.15, 0.2) is 54.6 Å². The molecular weight excluding hydrogens is 777 g/mol. The van der Waals surface area contributed by atoms with Gasteiger partial charge in [-0.2, -0.15) is 5.26 Å². The van der Waals surface area contributed by atoms with Crippen LogP contribution in [0, 0.1) is 33.9 Å². The van der Waals surface area contributed by atoms with Crippen molar-refractivity contribution in [1.29, 1.82) is 5.26 Å². The van der Waals surface area contributed by atoms with E-state index in [1.54, 1.807) is 18.2 Å². The summed E-state index contributed by atoms with van der Waals surface area (Å²) in [7, 11) is 0. The number of amides is 5. The average Bonchev–Trinajstić information content (AvgIpc) is 3.77. The Bertz CT molecular complexity index is 2270. The van der Waals surface area contributed by atoms with Crippen molar-refractivity contribution >= 4 is 52.5 Å². The van der Waals surface area contributed by atoms with Crippen molar-refractivity contribution in [1.82, 2.24) is 20.4 Å². The molecule has 5 aliphatic rings. The molecule has 3 saturated heterocycles. The molecule has 0 radical (unpaired) electrons. The molecule has 1 aliphatic carbocycles.